The molecule has 4 rings (SSSR count). The molecular formula is C21H21FN4S. The Hall–Kier alpha value is -2.73. The number of aromatic nitrogens is 2. The van der Waals surface area contributed by atoms with E-state index in [-0.39, 0.29) is 17.9 Å². The number of halogens is 1. The molecule has 0 amide bonds. The average molecular weight is 380 g/mol. The zero-order chi connectivity index (χ0) is 18.8. The molecule has 3 heterocycles. The molecule has 0 saturated carbocycles. The molecule has 0 radical (unpaired) electrons. The van der Waals surface area contributed by atoms with E-state index in [4.69, 9.17) is 12.2 Å². The molecule has 3 aromatic rings. The van der Waals surface area contributed by atoms with Gasteiger partial charge in [0.15, 0.2) is 5.11 Å². The van der Waals surface area contributed by atoms with Crippen LogP contribution in [-0.4, -0.2) is 26.1 Å². The van der Waals surface area contributed by atoms with Crippen LogP contribution < -0.4 is 5.32 Å². The number of benzene rings is 1. The van der Waals surface area contributed by atoms with Crippen LogP contribution in [0.5, 0.6) is 0 Å². The van der Waals surface area contributed by atoms with Crippen LogP contribution in [-0.2, 0) is 0 Å². The first-order chi connectivity index (χ1) is 13.2. The molecule has 0 spiro atoms. The quantitative estimate of drug-likeness (QED) is 0.666. The molecule has 27 heavy (non-hydrogen) atoms. The lowest BCUT2D eigenvalue weighted by atomic mass is 10.0. The Morgan fingerprint density at radius 1 is 1.11 bits per heavy atom. The molecule has 1 saturated heterocycles. The largest absolute Gasteiger partial charge is 0.352 e. The Kier molecular flexibility index (Phi) is 4.90. The second-order valence-corrected chi connectivity index (χ2v) is 6.96. The summed E-state index contributed by atoms with van der Waals surface area (Å²) in [4.78, 5) is 6.72. The minimum Gasteiger partial charge on any atom is -0.352 e. The van der Waals surface area contributed by atoms with Crippen molar-refractivity contribution in [2.75, 3.05) is 6.54 Å². The number of nitrogens with one attached hydrogen (secondary N) is 1. The van der Waals surface area contributed by atoms with Gasteiger partial charge < -0.3 is 14.8 Å². The summed E-state index contributed by atoms with van der Waals surface area (Å²) in [6.45, 7) is 2.95. The van der Waals surface area contributed by atoms with Gasteiger partial charge in [0.25, 0.3) is 0 Å². The molecule has 1 aromatic carbocycles. The second kappa shape index (κ2) is 7.48. The van der Waals surface area contributed by atoms with E-state index in [9.17, 15) is 4.39 Å². The van der Waals surface area contributed by atoms with Crippen molar-refractivity contribution in [1.82, 2.24) is 19.8 Å². The molecule has 1 fully saturated rings. The second-order valence-electron chi connectivity index (χ2n) is 6.57. The predicted molar refractivity (Wildman–Crippen MR) is 108 cm³/mol. The van der Waals surface area contributed by atoms with Crippen LogP contribution in [0, 0.1) is 5.82 Å². The first-order valence-corrected chi connectivity index (χ1v) is 9.51. The van der Waals surface area contributed by atoms with Crippen molar-refractivity contribution in [3.8, 4) is 5.69 Å². The van der Waals surface area contributed by atoms with Gasteiger partial charge in [0.05, 0.1) is 23.5 Å². The van der Waals surface area contributed by atoms with E-state index in [1.54, 1.807) is 18.3 Å². The van der Waals surface area contributed by atoms with Gasteiger partial charge in [-0.1, -0.05) is 25.1 Å². The highest BCUT2D eigenvalue weighted by Crippen LogP contribution is 2.39. The summed E-state index contributed by atoms with van der Waals surface area (Å²) in [5.74, 6) is -0.250. The summed E-state index contributed by atoms with van der Waals surface area (Å²) < 4.78 is 16.4. The van der Waals surface area contributed by atoms with Crippen LogP contribution in [0.15, 0.2) is 67.0 Å². The van der Waals surface area contributed by atoms with Crippen molar-refractivity contribution >= 4 is 17.3 Å². The van der Waals surface area contributed by atoms with Gasteiger partial charge in [-0.25, -0.2) is 4.39 Å². The molecule has 2 atom stereocenters. The minimum absolute atomic E-state index is 0.0676. The van der Waals surface area contributed by atoms with Crippen LogP contribution in [0.4, 0.5) is 4.39 Å². The van der Waals surface area contributed by atoms with E-state index in [1.807, 2.05) is 47.2 Å². The summed E-state index contributed by atoms with van der Waals surface area (Å²) in [5, 5.41) is 4.13. The third-order valence-electron chi connectivity index (χ3n) is 4.86. The Labute approximate surface area is 163 Å². The zero-order valence-electron chi connectivity index (χ0n) is 15.0. The van der Waals surface area contributed by atoms with Gasteiger partial charge in [-0.2, -0.15) is 0 Å². The van der Waals surface area contributed by atoms with Crippen LogP contribution in [0.3, 0.4) is 0 Å². The molecular weight excluding hydrogens is 359 g/mol. The molecule has 0 unspecified atom stereocenters. The van der Waals surface area contributed by atoms with Crippen LogP contribution in [0.25, 0.3) is 5.69 Å². The molecule has 0 bridgehead atoms. The maximum absolute atomic E-state index is 14.5. The van der Waals surface area contributed by atoms with Crippen molar-refractivity contribution in [3.05, 3.63) is 84.2 Å². The lowest BCUT2D eigenvalue weighted by Gasteiger charge is -2.28. The van der Waals surface area contributed by atoms with E-state index < -0.39 is 0 Å². The number of para-hydroxylation sites is 1. The Morgan fingerprint density at radius 3 is 2.67 bits per heavy atom. The fraction of sp³-hybridized carbons (Fsp3) is 0.238. The van der Waals surface area contributed by atoms with E-state index in [0.29, 0.717) is 10.8 Å². The van der Waals surface area contributed by atoms with E-state index in [2.05, 4.69) is 22.1 Å². The summed E-state index contributed by atoms with van der Waals surface area (Å²) >= 11 is 5.62. The highest BCUT2D eigenvalue weighted by atomic mass is 32.1. The maximum Gasteiger partial charge on any atom is 0.170 e. The van der Waals surface area contributed by atoms with Gasteiger partial charge in [0, 0.05) is 24.6 Å². The zero-order valence-corrected chi connectivity index (χ0v) is 15.9. The Bertz CT molecular complexity index is 940. The van der Waals surface area contributed by atoms with Gasteiger partial charge in [-0.05, 0) is 55.0 Å². The lowest BCUT2D eigenvalue weighted by Crippen LogP contribution is -2.31. The Balaban J connectivity index is 1.83. The van der Waals surface area contributed by atoms with Crippen molar-refractivity contribution in [3.63, 3.8) is 0 Å². The van der Waals surface area contributed by atoms with Gasteiger partial charge >= 0.3 is 0 Å². The van der Waals surface area contributed by atoms with Gasteiger partial charge in [-0.15, -0.1) is 0 Å². The molecule has 2 aromatic heterocycles. The SMILES string of the molecule is CCCN1C(=S)N[C@H](c2ccccn2)[C@H]1c1cccn1-c1ccccc1F. The molecule has 0 aliphatic carbocycles. The van der Waals surface area contributed by atoms with Gasteiger partial charge in [-0.3, -0.25) is 4.98 Å². The third kappa shape index (κ3) is 3.21. The molecule has 1 aliphatic rings. The van der Waals surface area contributed by atoms with Crippen molar-refractivity contribution < 1.29 is 4.39 Å². The van der Waals surface area contributed by atoms with Crippen molar-refractivity contribution in [1.29, 1.82) is 0 Å². The fourth-order valence-corrected chi connectivity index (χ4v) is 4.04. The number of thiocarbonyl (C=S) groups is 1. The fourth-order valence-electron chi connectivity index (χ4n) is 3.71. The van der Waals surface area contributed by atoms with E-state index in [1.165, 1.54) is 6.07 Å². The Morgan fingerprint density at radius 2 is 1.93 bits per heavy atom. The average Bonchev–Trinajstić information content (AvgIpc) is 3.28. The molecule has 1 N–H and O–H groups in total. The van der Waals surface area contributed by atoms with Crippen LogP contribution in [0.2, 0.25) is 0 Å². The topological polar surface area (TPSA) is 33.1 Å². The number of hydrogen-bond acceptors (Lipinski definition) is 2. The number of nitrogens with zero attached hydrogens (tertiary/aromatic N) is 3. The monoisotopic (exact) mass is 380 g/mol. The molecule has 138 valence electrons. The summed E-state index contributed by atoms with van der Waals surface area (Å²) in [7, 11) is 0. The molecule has 6 heteroatoms. The summed E-state index contributed by atoms with van der Waals surface area (Å²) in [5.41, 5.74) is 2.44. The smallest absolute Gasteiger partial charge is 0.170 e. The van der Waals surface area contributed by atoms with Crippen LogP contribution in [0.1, 0.15) is 36.8 Å². The minimum atomic E-state index is -0.250. The van der Waals surface area contributed by atoms with E-state index >= 15 is 0 Å². The summed E-state index contributed by atoms with van der Waals surface area (Å²) in [6, 6.07) is 16.5. The highest BCUT2D eigenvalue weighted by Gasteiger charge is 2.40. The molecule has 1 aliphatic heterocycles. The summed E-state index contributed by atoms with van der Waals surface area (Å²) in [6.07, 6.45) is 4.65. The third-order valence-corrected chi connectivity index (χ3v) is 5.21. The number of pyridine rings is 1. The highest BCUT2D eigenvalue weighted by molar-refractivity contribution is 7.80. The van der Waals surface area contributed by atoms with Gasteiger partial charge in [0.2, 0.25) is 0 Å². The van der Waals surface area contributed by atoms with E-state index in [0.717, 1.165) is 24.4 Å². The first kappa shape index (κ1) is 17.7. The number of hydrogen-bond donors (Lipinski definition) is 1. The first-order valence-electron chi connectivity index (χ1n) is 9.11. The lowest BCUT2D eigenvalue weighted by molar-refractivity contribution is 0.308. The number of rotatable bonds is 5. The van der Waals surface area contributed by atoms with Crippen molar-refractivity contribution in [2.45, 2.75) is 25.4 Å². The maximum atomic E-state index is 14.5. The van der Waals surface area contributed by atoms with Crippen LogP contribution >= 0.6 is 12.2 Å². The predicted octanol–water partition coefficient (Wildman–Crippen LogP) is 4.39. The standard InChI is InChI=1S/C21H21FN4S/c1-2-13-26-20(19(24-21(26)27)16-9-5-6-12-23-16)18-11-7-14-25(18)17-10-4-3-8-15(17)22/h3-12,14,19-20H,2,13H2,1H3,(H,24,27)/t19-,20-/m1/s1. The van der Waals surface area contributed by atoms with Gasteiger partial charge in [0.1, 0.15) is 5.82 Å². The normalized spacial score (nSPS) is 19.3. The molecule has 4 nitrogen and oxygen atoms in total. The van der Waals surface area contributed by atoms with Crippen molar-refractivity contribution in [2.24, 2.45) is 0 Å².